The molecule has 0 radical (unpaired) electrons. The standard InChI is InChI=1S/C12H13FN2O/c13-11-5-3-10(4-6-11)2-1-9-15-12(16)7-8-14/h3-6H,1-2,7,9H2,(H,15,16). The Hall–Kier alpha value is -1.89. The van der Waals surface area contributed by atoms with Crippen LogP contribution in [-0.4, -0.2) is 12.5 Å². The summed E-state index contributed by atoms with van der Waals surface area (Å²) in [5, 5.41) is 10.9. The van der Waals surface area contributed by atoms with Gasteiger partial charge in [-0.1, -0.05) is 12.1 Å². The number of carbonyl (C=O) groups excluding carboxylic acids is 1. The summed E-state index contributed by atoms with van der Waals surface area (Å²) < 4.78 is 12.6. The van der Waals surface area contributed by atoms with Crippen molar-refractivity contribution in [3.8, 4) is 6.07 Å². The molecular formula is C12H13FN2O. The minimum absolute atomic E-state index is 0.101. The van der Waals surface area contributed by atoms with Crippen LogP contribution in [-0.2, 0) is 11.2 Å². The molecule has 16 heavy (non-hydrogen) atoms. The van der Waals surface area contributed by atoms with E-state index in [9.17, 15) is 9.18 Å². The van der Waals surface area contributed by atoms with Crippen molar-refractivity contribution < 1.29 is 9.18 Å². The predicted octanol–water partition coefficient (Wildman–Crippen LogP) is 1.79. The number of nitrogens with zero attached hydrogens (tertiary/aromatic N) is 1. The van der Waals surface area contributed by atoms with Crippen molar-refractivity contribution in [2.75, 3.05) is 6.54 Å². The number of halogens is 1. The zero-order valence-corrected chi connectivity index (χ0v) is 8.87. The molecule has 84 valence electrons. The summed E-state index contributed by atoms with van der Waals surface area (Å²) in [6.45, 7) is 0.540. The maximum absolute atomic E-state index is 12.6. The number of benzene rings is 1. The third-order valence-electron chi connectivity index (χ3n) is 2.12. The van der Waals surface area contributed by atoms with Crippen molar-refractivity contribution in [2.24, 2.45) is 0 Å². The number of hydrogen-bond donors (Lipinski definition) is 1. The van der Waals surface area contributed by atoms with E-state index < -0.39 is 0 Å². The topological polar surface area (TPSA) is 52.9 Å². The monoisotopic (exact) mass is 220 g/mol. The summed E-state index contributed by atoms with van der Waals surface area (Å²) in [6.07, 6.45) is 1.46. The fourth-order valence-corrected chi connectivity index (χ4v) is 1.31. The van der Waals surface area contributed by atoms with Crippen LogP contribution in [0, 0.1) is 17.1 Å². The van der Waals surface area contributed by atoms with E-state index in [4.69, 9.17) is 5.26 Å². The summed E-state index contributed by atoms with van der Waals surface area (Å²) in [6, 6.07) is 8.08. The highest BCUT2D eigenvalue weighted by atomic mass is 19.1. The summed E-state index contributed by atoms with van der Waals surface area (Å²) >= 11 is 0. The molecule has 4 heteroatoms. The molecule has 3 nitrogen and oxygen atoms in total. The lowest BCUT2D eigenvalue weighted by Crippen LogP contribution is -2.23. The molecule has 0 spiro atoms. The lowest BCUT2D eigenvalue weighted by Gasteiger charge is -2.03. The Balaban J connectivity index is 2.19. The van der Waals surface area contributed by atoms with Gasteiger partial charge in [-0.15, -0.1) is 0 Å². The van der Waals surface area contributed by atoms with Crippen molar-refractivity contribution in [3.05, 3.63) is 35.6 Å². The number of rotatable bonds is 5. The van der Waals surface area contributed by atoms with Gasteiger partial charge in [-0.3, -0.25) is 4.79 Å². The van der Waals surface area contributed by atoms with Crippen LogP contribution < -0.4 is 5.32 Å². The van der Waals surface area contributed by atoms with E-state index in [0.717, 1.165) is 18.4 Å². The quantitative estimate of drug-likeness (QED) is 0.769. The lowest BCUT2D eigenvalue weighted by molar-refractivity contribution is -0.120. The first-order valence-corrected chi connectivity index (χ1v) is 5.10. The molecule has 1 N–H and O–H groups in total. The van der Waals surface area contributed by atoms with Gasteiger partial charge in [-0.05, 0) is 30.5 Å². The fourth-order valence-electron chi connectivity index (χ4n) is 1.31. The van der Waals surface area contributed by atoms with Gasteiger partial charge in [0.1, 0.15) is 12.2 Å². The molecule has 0 unspecified atom stereocenters. The molecule has 1 aromatic carbocycles. The van der Waals surface area contributed by atoms with E-state index in [1.165, 1.54) is 12.1 Å². The van der Waals surface area contributed by atoms with E-state index in [0.29, 0.717) is 6.54 Å². The Morgan fingerprint density at radius 3 is 2.69 bits per heavy atom. The first-order valence-electron chi connectivity index (χ1n) is 5.10. The number of hydrogen-bond acceptors (Lipinski definition) is 2. The van der Waals surface area contributed by atoms with Crippen LogP contribution in [0.5, 0.6) is 0 Å². The molecule has 1 rings (SSSR count). The second-order valence-corrected chi connectivity index (χ2v) is 3.41. The molecule has 0 aromatic heterocycles. The Kier molecular flexibility index (Phi) is 5.00. The highest BCUT2D eigenvalue weighted by Crippen LogP contribution is 2.04. The Morgan fingerprint density at radius 2 is 2.06 bits per heavy atom. The van der Waals surface area contributed by atoms with Crippen molar-refractivity contribution in [3.63, 3.8) is 0 Å². The molecule has 0 saturated carbocycles. The van der Waals surface area contributed by atoms with E-state index in [-0.39, 0.29) is 18.1 Å². The summed E-state index contributed by atoms with van der Waals surface area (Å²) in [5.41, 5.74) is 1.04. The van der Waals surface area contributed by atoms with Gasteiger partial charge >= 0.3 is 0 Å². The molecule has 1 amide bonds. The van der Waals surface area contributed by atoms with Gasteiger partial charge in [0.05, 0.1) is 6.07 Å². The minimum Gasteiger partial charge on any atom is -0.355 e. The van der Waals surface area contributed by atoms with Crippen molar-refractivity contribution in [2.45, 2.75) is 19.3 Å². The van der Waals surface area contributed by atoms with Crippen LogP contribution in [0.4, 0.5) is 4.39 Å². The Morgan fingerprint density at radius 1 is 1.38 bits per heavy atom. The predicted molar refractivity (Wildman–Crippen MR) is 58.0 cm³/mol. The lowest BCUT2D eigenvalue weighted by atomic mass is 10.1. The molecule has 0 fully saturated rings. The van der Waals surface area contributed by atoms with Crippen LogP contribution >= 0.6 is 0 Å². The molecule has 1 aromatic rings. The number of aryl methyl sites for hydroxylation is 1. The summed E-state index contributed by atoms with van der Waals surface area (Å²) in [4.78, 5) is 10.9. The Bertz CT molecular complexity index is 381. The average Bonchev–Trinajstić information content (AvgIpc) is 2.27. The van der Waals surface area contributed by atoms with E-state index in [1.807, 2.05) is 0 Å². The van der Waals surface area contributed by atoms with Crippen molar-refractivity contribution in [1.82, 2.24) is 5.32 Å². The van der Waals surface area contributed by atoms with Gasteiger partial charge in [0, 0.05) is 6.54 Å². The summed E-state index contributed by atoms with van der Waals surface area (Å²) in [5.74, 6) is -0.493. The second-order valence-electron chi connectivity index (χ2n) is 3.41. The molecule has 0 saturated heterocycles. The number of carbonyl (C=O) groups is 1. The Labute approximate surface area is 93.9 Å². The van der Waals surface area contributed by atoms with Crippen LogP contribution in [0.1, 0.15) is 18.4 Å². The van der Waals surface area contributed by atoms with E-state index in [1.54, 1.807) is 18.2 Å². The highest BCUT2D eigenvalue weighted by Gasteiger charge is 1.98. The van der Waals surface area contributed by atoms with Crippen LogP contribution in [0.3, 0.4) is 0 Å². The maximum Gasteiger partial charge on any atom is 0.234 e. The third kappa shape index (κ3) is 4.56. The van der Waals surface area contributed by atoms with E-state index in [2.05, 4.69) is 5.32 Å². The van der Waals surface area contributed by atoms with Crippen molar-refractivity contribution in [1.29, 1.82) is 5.26 Å². The van der Waals surface area contributed by atoms with Gasteiger partial charge < -0.3 is 5.32 Å². The van der Waals surface area contributed by atoms with Crippen molar-refractivity contribution >= 4 is 5.91 Å². The smallest absolute Gasteiger partial charge is 0.234 e. The van der Waals surface area contributed by atoms with Gasteiger partial charge in [0.15, 0.2) is 0 Å². The molecule has 0 atom stereocenters. The largest absolute Gasteiger partial charge is 0.355 e. The first-order chi connectivity index (χ1) is 7.72. The number of nitrogens with one attached hydrogen (secondary N) is 1. The van der Waals surface area contributed by atoms with Gasteiger partial charge in [-0.2, -0.15) is 5.26 Å². The zero-order chi connectivity index (χ0) is 11.8. The summed E-state index contributed by atoms with van der Waals surface area (Å²) in [7, 11) is 0. The van der Waals surface area contributed by atoms with Crippen LogP contribution in [0.25, 0.3) is 0 Å². The second kappa shape index (κ2) is 6.57. The normalized spacial score (nSPS) is 9.50. The molecule has 0 aliphatic carbocycles. The molecular weight excluding hydrogens is 207 g/mol. The van der Waals surface area contributed by atoms with Gasteiger partial charge in [0.2, 0.25) is 5.91 Å². The minimum atomic E-state index is -0.249. The SMILES string of the molecule is N#CCC(=O)NCCCc1ccc(F)cc1. The van der Waals surface area contributed by atoms with Crippen LogP contribution in [0.2, 0.25) is 0 Å². The van der Waals surface area contributed by atoms with Crippen LogP contribution in [0.15, 0.2) is 24.3 Å². The average molecular weight is 220 g/mol. The van der Waals surface area contributed by atoms with Gasteiger partial charge in [-0.25, -0.2) is 4.39 Å². The number of amides is 1. The molecule has 0 aliphatic rings. The first kappa shape index (κ1) is 12.2. The third-order valence-corrected chi connectivity index (χ3v) is 2.12. The molecule has 0 bridgehead atoms. The zero-order valence-electron chi connectivity index (χ0n) is 8.87. The highest BCUT2D eigenvalue weighted by molar-refractivity contribution is 5.77. The van der Waals surface area contributed by atoms with Gasteiger partial charge in [0.25, 0.3) is 0 Å². The molecule has 0 heterocycles. The fraction of sp³-hybridized carbons (Fsp3) is 0.333. The van der Waals surface area contributed by atoms with E-state index >= 15 is 0 Å². The number of nitriles is 1. The molecule has 0 aliphatic heterocycles. The maximum atomic E-state index is 12.6.